The zero-order valence-electron chi connectivity index (χ0n) is 16.8. The van der Waals surface area contributed by atoms with Gasteiger partial charge in [0.05, 0.1) is 0 Å². The predicted molar refractivity (Wildman–Crippen MR) is 113 cm³/mol. The van der Waals surface area contributed by atoms with E-state index in [1.54, 1.807) is 12.1 Å². The summed E-state index contributed by atoms with van der Waals surface area (Å²) >= 11 is 0. The van der Waals surface area contributed by atoms with Crippen molar-refractivity contribution in [1.29, 1.82) is 0 Å². The Kier molecular flexibility index (Phi) is 5.72. The van der Waals surface area contributed by atoms with Crippen molar-refractivity contribution in [3.05, 3.63) is 77.4 Å². The highest BCUT2D eigenvalue weighted by Crippen LogP contribution is 2.41. The Labute approximate surface area is 174 Å². The third-order valence-electron chi connectivity index (χ3n) is 5.77. The molecule has 4 rings (SSSR count). The summed E-state index contributed by atoms with van der Waals surface area (Å²) in [5, 5.41) is 2.54. The molecule has 1 nitrogen and oxygen atoms in total. The maximum Gasteiger partial charge on any atom is 0.573 e. The smallest absolute Gasteiger partial charge is 0.406 e. The molecule has 1 aliphatic rings. The molecular weight excluding hydrogens is 385 g/mol. The summed E-state index contributed by atoms with van der Waals surface area (Å²) in [5.74, 6) is 7.03. The van der Waals surface area contributed by atoms with Gasteiger partial charge < -0.3 is 4.74 Å². The highest BCUT2D eigenvalue weighted by molar-refractivity contribution is 5.87. The van der Waals surface area contributed by atoms with Gasteiger partial charge in [0.1, 0.15) is 5.75 Å². The van der Waals surface area contributed by atoms with Gasteiger partial charge in [-0.2, -0.15) is 0 Å². The van der Waals surface area contributed by atoms with Gasteiger partial charge in [0.2, 0.25) is 0 Å². The average molecular weight is 408 g/mol. The van der Waals surface area contributed by atoms with Crippen LogP contribution < -0.4 is 4.74 Å². The summed E-state index contributed by atoms with van der Waals surface area (Å²) in [6.45, 7) is 2.19. The van der Waals surface area contributed by atoms with E-state index >= 15 is 0 Å². The van der Waals surface area contributed by atoms with Crippen LogP contribution in [-0.4, -0.2) is 6.36 Å². The molecule has 3 aromatic rings. The SMILES string of the molecule is CCCC1CCc2c(ccc3ccccc23)C1C#Cc1ccc(OC(F)(F)F)cc1. The molecule has 2 unspecified atom stereocenters. The van der Waals surface area contributed by atoms with Crippen LogP contribution in [0.15, 0.2) is 60.7 Å². The fourth-order valence-electron chi connectivity index (χ4n) is 4.45. The highest BCUT2D eigenvalue weighted by Gasteiger charge is 2.31. The van der Waals surface area contributed by atoms with Crippen molar-refractivity contribution in [2.24, 2.45) is 5.92 Å². The van der Waals surface area contributed by atoms with Crippen LogP contribution in [-0.2, 0) is 6.42 Å². The summed E-state index contributed by atoms with van der Waals surface area (Å²) in [6.07, 6.45) is -0.302. The van der Waals surface area contributed by atoms with Crippen molar-refractivity contribution < 1.29 is 17.9 Å². The molecule has 0 spiro atoms. The summed E-state index contributed by atoms with van der Waals surface area (Å²) in [7, 11) is 0. The van der Waals surface area contributed by atoms with Crippen LogP contribution in [0.25, 0.3) is 10.8 Å². The molecule has 0 saturated carbocycles. The third kappa shape index (κ3) is 4.46. The highest BCUT2D eigenvalue weighted by atomic mass is 19.4. The number of rotatable bonds is 3. The van der Waals surface area contributed by atoms with E-state index in [0.29, 0.717) is 11.5 Å². The number of hydrogen-bond donors (Lipinski definition) is 0. The molecule has 1 aliphatic carbocycles. The zero-order valence-corrected chi connectivity index (χ0v) is 16.8. The van der Waals surface area contributed by atoms with Crippen LogP contribution in [0.5, 0.6) is 5.75 Å². The van der Waals surface area contributed by atoms with Gasteiger partial charge >= 0.3 is 6.36 Å². The fraction of sp³-hybridized carbons (Fsp3) is 0.308. The molecule has 0 amide bonds. The fourth-order valence-corrected chi connectivity index (χ4v) is 4.45. The van der Waals surface area contributed by atoms with Gasteiger partial charge in [0, 0.05) is 11.5 Å². The van der Waals surface area contributed by atoms with E-state index in [2.05, 4.69) is 59.9 Å². The number of benzene rings is 3. The van der Waals surface area contributed by atoms with Gasteiger partial charge in [-0.1, -0.05) is 61.6 Å². The lowest BCUT2D eigenvalue weighted by Crippen LogP contribution is -2.20. The van der Waals surface area contributed by atoms with Crippen LogP contribution in [0.3, 0.4) is 0 Å². The molecule has 3 aromatic carbocycles. The van der Waals surface area contributed by atoms with E-state index < -0.39 is 6.36 Å². The summed E-state index contributed by atoms with van der Waals surface area (Å²) in [4.78, 5) is 0. The molecule has 0 N–H and O–H groups in total. The molecular formula is C26H23F3O. The van der Waals surface area contributed by atoms with Gasteiger partial charge in [-0.05, 0) is 71.3 Å². The second-order valence-electron chi connectivity index (χ2n) is 7.76. The largest absolute Gasteiger partial charge is 0.573 e. The number of alkyl halides is 3. The minimum absolute atomic E-state index is 0.129. The molecule has 30 heavy (non-hydrogen) atoms. The van der Waals surface area contributed by atoms with E-state index in [9.17, 15) is 13.2 Å². The first-order chi connectivity index (χ1) is 14.4. The second-order valence-corrected chi connectivity index (χ2v) is 7.76. The zero-order chi connectivity index (χ0) is 21.1. The van der Waals surface area contributed by atoms with Crippen molar-refractivity contribution in [1.82, 2.24) is 0 Å². The first-order valence-corrected chi connectivity index (χ1v) is 10.3. The lowest BCUT2D eigenvalue weighted by Gasteiger charge is -2.31. The van der Waals surface area contributed by atoms with Gasteiger partial charge in [-0.15, -0.1) is 13.2 Å². The maximum absolute atomic E-state index is 12.3. The molecule has 0 radical (unpaired) electrons. The summed E-state index contributed by atoms with van der Waals surface area (Å²) < 4.78 is 41.0. The van der Waals surface area contributed by atoms with Gasteiger partial charge in [-0.25, -0.2) is 0 Å². The quantitative estimate of drug-likeness (QED) is 0.415. The van der Waals surface area contributed by atoms with Crippen molar-refractivity contribution in [2.75, 3.05) is 0 Å². The molecule has 4 heteroatoms. The van der Waals surface area contributed by atoms with Crippen molar-refractivity contribution in [2.45, 2.75) is 44.9 Å². The third-order valence-corrected chi connectivity index (χ3v) is 5.77. The van der Waals surface area contributed by atoms with E-state index in [0.717, 1.165) is 25.7 Å². The molecule has 0 heterocycles. The number of hydrogen-bond acceptors (Lipinski definition) is 1. The van der Waals surface area contributed by atoms with E-state index in [-0.39, 0.29) is 11.7 Å². The topological polar surface area (TPSA) is 9.23 Å². The Balaban J connectivity index is 1.66. The average Bonchev–Trinajstić information content (AvgIpc) is 2.72. The lowest BCUT2D eigenvalue weighted by atomic mass is 9.72. The standard InChI is InChI=1S/C26H23F3O/c1-2-5-19-11-16-24-22-7-4-3-6-20(22)12-17-25(24)23(19)15-10-18-8-13-21(14-9-18)30-26(27,28)29/h3-4,6-9,12-14,17,19,23H,2,5,11,16H2,1H3. The molecule has 2 atom stereocenters. The van der Waals surface area contributed by atoms with Crippen LogP contribution in [0.4, 0.5) is 13.2 Å². The number of fused-ring (bicyclic) bond motifs is 3. The molecule has 0 bridgehead atoms. The van der Waals surface area contributed by atoms with E-state index in [1.165, 1.54) is 34.0 Å². The van der Waals surface area contributed by atoms with Crippen molar-refractivity contribution in [3.63, 3.8) is 0 Å². The van der Waals surface area contributed by atoms with Crippen LogP contribution in [0, 0.1) is 17.8 Å². The number of ether oxygens (including phenoxy) is 1. The summed E-state index contributed by atoms with van der Waals surface area (Å²) in [5.41, 5.74) is 3.37. The molecule has 154 valence electrons. The molecule has 0 aromatic heterocycles. The Morgan fingerprint density at radius 2 is 1.77 bits per heavy atom. The first-order valence-electron chi connectivity index (χ1n) is 10.3. The van der Waals surface area contributed by atoms with Crippen LogP contribution in [0.1, 0.15) is 48.8 Å². The first kappa shape index (κ1) is 20.3. The molecule has 0 saturated heterocycles. The van der Waals surface area contributed by atoms with Gasteiger partial charge in [-0.3, -0.25) is 0 Å². The Morgan fingerprint density at radius 3 is 2.50 bits per heavy atom. The second kappa shape index (κ2) is 8.44. The van der Waals surface area contributed by atoms with E-state index in [1.807, 2.05) is 0 Å². The minimum Gasteiger partial charge on any atom is -0.406 e. The van der Waals surface area contributed by atoms with Crippen LogP contribution >= 0.6 is 0 Å². The monoisotopic (exact) mass is 408 g/mol. The van der Waals surface area contributed by atoms with Gasteiger partial charge in [0.25, 0.3) is 0 Å². The Morgan fingerprint density at radius 1 is 1.00 bits per heavy atom. The number of halogens is 3. The molecule has 0 fully saturated rings. The van der Waals surface area contributed by atoms with Crippen molar-refractivity contribution in [3.8, 4) is 17.6 Å². The summed E-state index contributed by atoms with van der Waals surface area (Å²) in [6, 6.07) is 18.6. The van der Waals surface area contributed by atoms with E-state index in [4.69, 9.17) is 0 Å². The van der Waals surface area contributed by atoms with Gasteiger partial charge in [0.15, 0.2) is 0 Å². The normalized spacial score (nSPS) is 18.4. The Bertz CT molecular complexity index is 1090. The predicted octanol–water partition coefficient (Wildman–Crippen LogP) is 7.24. The lowest BCUT2D eigenvalue weighted by molar-refractivity contribution is -0.274. The van der Waals surface area contributed by atoms with Crippen molar-refractivity contribution >= 4 is 10.8 Å². The maximum atomic E-state index is 12.3. The Hall–Kier alpha value is -2.93. The molecule has 0 aliphatic heterocycles. The minimum atomic E-state index is -4.69. The number of aryl methyl sites for hydroxylation is 1. The van der Waals surface area contributed by atoms with Crippen LogP contribution in [0.2, 0.25) is 0 Å².